The summed E-state index contributed by atoms with van der Waals surface area (Å²) >= 11 is 0. The average Bonchev–Trinajstić information content (AvgIpc) is 3.21. The van der Waals surface area contributed by atoms with E-state index in [0.29, 0.717) is 11.3 Å². The number of nitrogens with zero attached hydrogens (tertiary/aromatic N) is 2. The molecule has 1 amide bonds. The summed E-state index contributed by atoms with van der Waals surface area (Å²) in [5.74, 6) is 0.633. The molecule has 2 aliphatic rings. The number of aromatic nitrogens is 1. The third-order valence-corrected chi connectivity index (χ3v) is 4.58. The lowest BCUT2D eigenvalue weighted by Gasteiger charge is -2.25. The van der Waals surface area contributed by atoms with E-state index in [1.165, 1.54) is 6.42 Å². The van der Waals surface area contributed by atoms with Crippen LogP contribution in [0.25, 0.3) is 11.0 Å². The minimum absolute atomic E-state index is 0.113. The second-order valence-corrected chi connectivity index (χ2v) is 5.84. The van der Waals surface area contributed by atoms with Crippen LogP contribution in [0.1, 0.15) is 23.3 Å². The zero-order valence-corrected chi connectivity index (χ0v) is 11.9. The number of amides is 1. The van der Waals surface area contributed by atoms with E-state index in [2.05, 4.69) is 20.5 Å². The SMILES string of the molecule is CNc1coc2cnc(C(=O)NC3CC4CCN3C4)cc12. The van der Waals surface area contributed by atoms with E-state index in [1.807, 2.05) is 7.05 Å². The third-order valence-electron chi connectivity index (χ3n) is 4.58. The Morgan fingerprint density at radius 3 is 3.14 bits per heavy atom. The molecule has 3 unspecified atom stereocenters. The van der Waals surface area contributed by atoms with Crippen LogP contribution in [-0.2, 0) is 0 Å². The summed E-state index contributed by atoms with van der Waals surface area (Å²) in [6.07, 6.45) is 5.72. The maximum Gasteiger partial charge on any atom is 0.271 e. The molecule has 2 saturated heterocycles. The minimum Gasteiger partial charge on any atom is -0.460 e. The quantitative estimate of drug-likeness (QED) is 0.898. The van der Waals surface area contributed by atoms with Crippen molar-refractivity contribution in [3.05, 3.63) is 24.2 Å². The number of furan rings is 1. The Balaban J connectivity index is 1.56. The monoisotopic (exact) mass is 286 g/mol. The van der Waals surface area contributed by atoms with Crippen molar-refractivity contribution in [3.8, 4) is 0 Å². The van der Waals surface area contributed by atoms with Crippen LogP contribution < -0.4 is 10.6 Å². The molecule has 2 bridgehead atoms. The van der Waals surface area contributed by atoms with Crippen molar-refractivity contribution in [1.82, 2.24) is 15.2 Å². The van der Waals surface area contributed by atoms with Crippen molar-refractivity contribution in [2.45, 2.75) is 19.0 Å². The molecule has 6 nitrogen and oxygen atoms in total. The van der Waals surface area contributed by atoms with E-state index in [4.69, 9.17) is 4.42 Å². The maximum atomic E-state index is 12.4. The molecule has 0 spiro atoms. The Kier molecular flexibility index (Phi) is 2.85. The summed E-state index contributed by atoms with van der Waals surface area (Å²) in [7, 11) is 1.83. The van der Waals surface area contributed by atoms with Gasteiger partial charge in [0.1, 0.15) is 12.0 Å². The fraction of sp³-hybridized carbons (Fsp3) is 0.467. The van der Waals surface area contributed by atoms with Crippen LogP contribution in [-0.4, -0.2) is 42.1 Å². The van der Waals surface area contributed by atoms with Crippen LogP contribution in [0.3, 0.4) is 0 Å². The molecule has 2 N–H and O–H groups in total. The van der Waals surface area contributed by atoms with Crippen LogP contribution in [0.5, 0.6) is 0 Å². The topological polar surface area (TPSA) is 70.4 Å². The minimum atomic E-state index is -0.113. The van der Waals surface area contributed by atoms with E-state index >= 15 is 0 Å². The summed E-state index contributed by atoms with van der Waals surface area (Å²) in [4.78, 5) is 18.9. The van der Waals surface area contributed by atoms with E-state index in [9.17, 15) is 4.79 Å². The normalized spacial score (nSPS) is 27.2. The Labute approximate surface area is 122 Å². The van der Waals surface area contributed by atoms with Crippen LogP contribution in [0.2, 0.25) is 0 Å². The first-order valence-electron chi connectivity index (χ1n) is 7.34. The van der Waals surface area contributed by atoms with Crippen molar-refractivity contribution < 1.29 is 9.21 Å². The highest BCUT2D eigenvalue weighted by molar-refractivity contribution is 5.98. The van der Waals surface area contributed by atoms with Crippen molar-refractivity contribution in [3.63, 3.8) is 0 Å². The standard InChI is InChI=1S/C15H18N4O2/c1-16-12-8-21-13-6-17-11(5-10(12)13)15(20)18-14-4-9-2-3-19(14)7-9/h5-6,8-9,14,16H,2-4,7H2,1H3,(H,18,20). The molecule has 21 heavy (non-hydrogen) atoms. The number of carbonyl (C=O) groups is 1. The summed E-state index contributed by atoms with van der Waals surface area (Å²) in [5, 5.41) is 7.02. The van der Waals surface area contributed by atoms with Gasteiger partial charge in [-0.3, -0.25) is 9.69 Å². The zero-order valence-electron chi connectivity index (χ0n) is 11.9. The van der Waals surface area contributed by atoms with Gasteiger partial charge in [-0.25, -0.2) is 4.98 Å². The average molecular weight is 286 g/mol. The number of carbonyl (C=O) groups excluding carboxylic acids is 1. The Hall–Kier alpha value is -2.08. The first kappa shape index (κ1) is 12.6. The number of piperidine rings is 1. The van der Waals surface area contributed by atoms with Gasteiger partial charge >= 0.3 is 0 Å². The first-order chi connectivity index (χ1) is 10.2. The van der Waals surface area contributed by atoms with Crippen molar-refractivity contribution in [2.75, 3.05) is 25.5 Å². The molecule has 6 heteroatoms. The van der Waals surface area contributed by atoms with Gasteiger partial charge in [0.05, 0.1) is 18.1 Å². The highest BCUT2D eigenvalue weighted by Gasteiger charge is 2.38. The first-order valence-corrected chi connectivity index (χ1v) is 7.34. The lowest BCUT2D eigenvalue weighted by molar-refractivity contribution is 0.0878. The van der Waals surface area contributed by atoms with Crippen molar-refractivity contribution in [1.29, 1.82) is 0 Å². The Morgan fingerprint density at radius 2 is 2.43 bits per heavy atom. The second-order valence-electron chi connectivity index (χ2n) is 5.84. The van der Waals surface area contributed by atoms with Crippen LogP contribution >= 0.6 is 0 Å². The van der Waals surface area contributed by atoms with Crippen LogP contribution in [0.15, 0.2) is 22.9 Å². The molecule has 2 aliphatic heterocycles. The maximum absolute atomic E-state index is 12.4. The summed E-state index contributed by atoms with van der Waals surface area (Å²) in [5.41, 5.74) is 1.98. The van der Waals surface area contributed by atoms with Gasteiger partial charge in [0, 0.05) is 25.5 Å². The Bertz CT molecular complexity index is 696. The Morgan fingerprint density at radius 1 is 1.52 bits per heavy atom. The van der Waals surface area contributed by atoms with Gasteiger partial charge in [-0.05, 0) is 24.8 Å². The summed E-state index contributed by atoms with van der Waals surface area (Å²) in [6, 6.07) is 1.78. The zero-order chi connectivity index (χ0) is 14.4. The molecular weight excluding hydrogens is 268 g/mol. The predicted octanol–water partition coefficient (Wildman–Crippen LogP) is 1.65. The lowest BCUT2D eigenvalue weighted by Crippen LogP contribution is -2.45. The van der Waals surface area contributed by atoms with E-state index in [0.717, 1.165) is 36.5 Å². The van der Waals surface area contributed by atoms with Crippen molar-refractivity contribution >= 4 is 22.6 Å². The van der Waals surface area contributed by atoms with Crippen molar-refractivity contribution in [2.24, 2.45) is 5.92 Å². The molecule has 110 valence electrons. The smallest absolute Gasteiger partial charge is 0.271 e. The number of hydrogen-bond donors (Lipinski definition) is 2. The summed E-state index contributed by atoms with van der Waals surface area (Å²) in [6.45, 7) is 2.21. The van der Waals surface area contributed by atoms with Gasteiger partial charge < -0.3 is 15.1 Å². The van der Waals surface area contributed by atoms with E-state index in [1.54, 1.807) is 18.5 Å². The number of fused-ring (bicyclic) bond motifs is 3. The molecule has 3 atom stereocenters. The molecule has 0 aliphatic carbocycles. The molecule has 4 heterocycles. The highest BCUT2D eigenvalue weighted by atomic mass is 16.3. The van der Waals surface area contributed by atoms with Crippen LogP contribution in [0, 0.1) is 5.92 Å². The number of nitrogens with one attached hydrogen (secondary N) is 2. The van der Waals surface area contributed by atoms with Gasteiger partial charge in [0.15, 0.2) is 5.58 Å². The number of rotatable bonds is 3. The van der Waals surface area contributed by atoms with E-state index < -0.39 is 0 Å². The molecule has 2 aromatic rings. The molecule has 2 aromatic heterocycles. The number of hydrogen-bond acceptors (Lipinski definition) is 5. The van der Waals surface area contributed by atoms with Gasteiger partial charge in [0.2, 0.25) is 0 Å². The van der Waals surface area contributed by atoms with E-state index in [-0.39, 0.29) is 12.1 Å². The second kappa shape index (κ2) is 4.73. The molecule has 4 rings (SSSR count). The molecule has 2 fully saturated rings. The van der Waals surface area contributed by atoms with Gasteiger partial charge in [-0.15, -0.1) is 0 Å². The highest BCUT2D eigenvalue weighted by Crippen LogP contribution is 2.31. The third kappa shape index (κ3) is 2.06. The van der Waals surface area contributed by atoms with Gasteiger partial charge in [-0.2, -0.15) is 0 Å². The molecular formula is C15H18N4O2. The largest absolute Gasteiger partial charge is 0.460 e. The fourth-order valence-corrected chi connectivity index (χ4v) is 3.43. The molecule has 0 aromatic carbocycles. The predicted molar refractivity (Wildman–Crippen MR) is 79.1 cm³/mol. The lowest BCUT2D eigenvalue weighted by atomic mass is 10.0. The van der Waals surface area contributed by atoms with Crippen LogP contribution in [0.4, 0.5) is 5.69 Å². The molecule has 0 saturated carbocycles. The van der Waals surface area contributed by atoms with Gasteiger partial charge in [-0.1, -0.05) is 0 Å². The summed E-state index contributed by atoms with van der Waals surface area (Å²) < 4.78 is 5.38. The number of anilines is 1. The fourth-order valence-electron chi connectivity index (χ4n) is 3.43. The number of pyridine rings is 1. The molecule has 0 radical (unpaired) electrons. The van der Waals surface area contributed by atoms with Gasteiger partial charge in [0.25, 0.3) is 5.91 Å².